The largest absolute Gasteiger partial charge is 0.486 e. The molecule has 0 radical (unpaired) electrons. The fraction of sp³-hybridized carbons (Fsp3) is 0.471. The van der Waals surface area contributed by atoms with Gasteiger partial charge in [0, 0.05) is 31.0 Å². The quantitative estimate of drug-likeness (QED) is 0.839. The molecule has 0 saturated heterocycles. The molecule has 128 valence electrons. The fourth-order valence-corrected chi connectivity index (χ4v) is 2.46. The van der Waals surface area contributed by atoms with E-state index in [1.54, 1.807) is 18.2 Å². The normalized spacial score (nSPS) is 12.9. The molecule has 1 aliphatic heterocycles. The van der Waals surface area contributed by atoms with E-state index in [1.165, 1.54) is 0 Å². The monoisotopic (exact) mass is 331 g/mol. The number of hydrogen-bond donors (Lipinski definition) is 1. The average molecular weight is 331 g/mol. The molecule has 0 spiro atoms. The van der Waals surface area contributed by atoms with Crippen LogP contribution in [-0.2, 0) is 17.6 Å². The number of rotatable bonds is 7. The Labute approximate surface area is 140 Å². The van der Waals surface area contributed by atoms with Crippen molar-refractivity contribution in [3.05, 3.63) is 29.9 Å². The summed E-state index contributed by atoms with van der Waals surface area (Å²) in [6.07, 6.45) is 3.44. The van der Waals surface area contributed by atoms with Crippen molar-refractivity contribution in [2.24, 2.45) is 0 Å². The van der Waals surface area contributed by atoms with Gasteiger partial charge in [-0.05, 0) is 25.0 Å². The van der Waals surface area contributed by atoms with Crippen LogP contribution in [0.5, 0.6) is 11.5 Å². The average Bonchev–Trinajstić information content (AvgIpc) is 3.02. The summed E-state index contributed by atoms with van der Waals surface area (Å²) in [6, 6.07) is 5.39. The van der Waals surface area contributed by atoms with Crippen LogP contribution in [0.1, 0.15) is 37.9 Å². The van der Waals surface area contributed by atoms with Gasteiger partial charge in [-0.3, -0.25) is 4.79 Å². The smallest absolute Gasteiger partial charge is 0.226 e. The molecule has 0 saturated carbocycles. The number of benzene rings is 1. The third kappa shape index (κ3) is 4.24. The first-order valence-corrected chi connectivity index (χ1v) is 8.25. The van der Waals surface area contributed by atoms with Crippen molar-refractivity contribution in [1.82, 2.24) is 10.1 Å². The zero-order chi connectivity index (χ0) is 16.8. The van der Waals surface area contributed by atoms with Crippen LogP contribution in [-0.4, -0.2) is 29.3 Å². The third-order valence-corrected chi connectivity index (χ3v) is 3.60. The molecule has 1 aliphatic rings. The predicted octanol–water partition coefficient (Wildman–Crippen LogP) is 2.75. The van der Waals surface area contributed by atoms with E-state index < -0.39 is 0 Å². The molecule has 2 heterocycles. The van der Waals surface area contributed by atoms with Gasteiger partial charge in [0.05, 0.1) is 0 Å². The summed E-state index contributed by atoms with van der Waals surface area (Å²) < 4.78 is 16.1. The van der Waals surface area contributed by atoms with Crippen LogP contribution < -0.4 is 14.8 Å². The number of hydrogen-bond acceptors (Lipinski definition) is 6. The molecule has 7 nitrogen and oxygen atoms in total. The van der Waals surface area contributed by atoms with Gasteiger partial charge in [0.2, 0.25) is 11.8 Å². The van der Waals surface area contributed by atoms with Gasteiger partial charge in [-0.15, -0.1) is 0 Å². The SMILES string of the molecule is CCCc1noc(CCCC(=O)Nc2ccc3c(c2)OCCO3)n1. The van der Waals surface area contributed by atoms with Crippen LogP contribution in [0.15, 0.2) is 22.7 Å². The van der Waals surface area contributed by atoms with Gasteiger partial charge in [-0.25, -0.2) is 0 Å². The van der Waals surface area contributed by atoms with Crippen molar-refractivity contribution < 1.29 is 18.8 Å². The highest BCUT2D eigenvalue weighted by molar-refractivity contribution is 5.91. The van der Waals surface area contributed by atoms with E-state index >= 15 is 0 Å². The summed E-state index contributed by atoms with van der Waals surface area (Å²) in [5.41, 5.74) is 0.701. The van der Waals surface area contributed by atoms with E-state index in [9.17, 15) is 4.79 Å². The molecule has 1 N–H and O–H groups in total. The highest BCUT2D eigenvalue weighted by atomic mass is 16.6. The summed E-state index contributed by atoms with van der Waals surface area (Å²) in [4.78, 5) is 16.3. The molecular weight excluding hydrogens is 310 g/mol. The van der Waals surface area contributed by atoms with E-state index in [1.807, 2.05) is 0 Å². The van der Waals surface area contributed by atoms with Crippen LogP contribution in [0.2, 0.25) is 0 Å². The highest BCUT2D eigenvalue weighted by Gasteiger charge is 2.13. The van der Waals surface area contributed by atoms with E-state index in [4.69, 9.17) is 14.0 Å². The molecule has 1 aromatic heterocycles. The topological polar surface area (TPSA) is 86.5 Å². The van der Waals surface area contributed by atoms with Crippen LogP contribution in [0.25, 0.3) is 0 Å². The molecule has 2 aromatic rings. The molecule has 1 amide bonds. The van der Waals surface area contributed by atoms with Crippen LogP contribution >= 0.6 is 0 Å². The standard InChI is InChI=1S/C17H21N3O4/c1-2-4-15-19-17(24-20-15)6-3-5-16(21)18-12-7-8-13-14(11-12)23-10-9-22-13/h7-8,11H,2-6,9-10H2,1H3,(H,18,21). The Morgan fingerprint density at radius 3 is 2.88 bits per heavy atom. The Morgan fingerprint density at radius 1 is 1.21 bits per heavy atom. The maximum absolute atomic E-state index is 12.0. The lowest BCUT2D eigenvalue weighted by Crippen LogP contribution is -2.16. The lowest BCUT2D eigenvalue weighted by atomic mass is 10.2. The van der Waals surface area contributed by atoms with Gasteiger partial charge in [0.15, 0.2) is 17.3 Å². The minimum atomic E-state index is -0.0556. The maximum Gasteiger partial charge on any atom is 0.226 e. The van der Waals surface area contributed by atoms with Gasteiger partial charge < -0.3 is 19.3 Å². The Hall–Kier alpha value is -2.57. The van der Waals surface area contributed by atoms with Gasteiger partial charge in [0.1, 0.15) is 13.2 Å². The molecule has 3 rings (SSSR count). The van der Waals surface area contributed by atoms with Gasteiger partial charge >= 0.3 is 0 Å². The third-order valence-electron chi connectivity index (χ3n) is 3.60. The number of nitrogens with zero attached hydrogens (tertiary/aromatic N) is 2. The number of aryl methyl sites for hydroxylation is 2. The van der Waals surface area contributed by atoms with Gasteiger partial charge in [0.25, 0.3) is 0 Å². The molecule has 0 fully saturated rings. The zero-order valence-corrected chi connectivity index (χ0v) is 13.7. The second-order valence-corrected chi connectivity index (χ2v) is 5.61. The lowest BCUT2D eigenvalue weighted by molar-refractivity contribution is -0.116. The van der Waals surface area contributed by atoms with Crippen molar-refractivity contribution in [2.75, 3.05) is 18.5 Å². The summed E-state index contributed by atoms with van der Waals surface area (Å²) >= 11 is 0. The lowest BCUT2D eigenvalue weighted by Gasteiger charge is -2.19. The Kier molecular flexibility index (Phi) is 5.30. The molecule has 0 aliphatic carbocycles. The minimum absolute atomic E-state index is 0.0556. The summed E-state index contributed by atoms with van der Waals surface area (Å²) in [5, 5.41) is 6.76. The second-order valence-electron chi connectivity index (χ2n) is 5.61. The molecule has 24 heavy (non-hydrogen) atoms. The van der Waals surface area contributed by atoms with E-state index in [2.05, 4.69) is 22.4 Å². The zero-order valence-electron chi connectivity index (χ0n) is 13.7. The maximum atomic E-state index is 12.0. The molecule has 0 unspecified atom stereocenters. The first-order valence-electron chi connectivity index (χ1n) is 8.25. The first kappa shape index (κ1) is 16.3. The fourth-order valence-electron chi connectivity index (χ4n) is 2.46. The second kappa shape index (κ2) is 7.81. The van der Waals surface area contributed by atoms with Gasteiger partial charge in [-0.2, -0.15) is 4.98 Å². The molecule has 0 bridgehead atoms. The van der Waals surface area contributed by atoms with Crippen molar-refractivity contribution >= 4 is 11.6 Å². The minimum Gasteiger partial charge on any atom is -0.486 e. The summed E-state index contributed by atoms with van der Waals surface area (Å²) in [7, 11) is 0. The van der Waals surface area contributed by atoms with Crippen molar-refractivity contribution in [3.8, 4) is 11.5 Å². The predicted molar refractivity (Wildman–Crippen MR) is 87.3 cm³/mol. The number of ether oxygens (including phenoxy) is 2. The number of fused-ring (bicyclic) bond motifs is 1. The number of carbonyl (C=O) groups is 1. The van der Waals surface area contributed by atoms with E-state index in [-0.39, 0.29) is 5.91 Å². The summed E-state index contributed by atoms with van der Waals surface area (Å²) in [5.74, 6) is 2.63. The number of nitrogens with one attached hydrogen (secondary N) is 1. The number of anilines is 1. The molecule has 1 aromatic carbocycles. The molecular formula is C17H21N3O4. The van der Waals surface area contributed by atoms with Gasteiger partial charge in [-0.1, -0.05) is 12.1 Å². The molecule has 0 atom stereocenters. The van der Waals surface area contributed by atoms with Crippen molar-refractivity contribution in [1.29, 1.82) is 0 Å². The van der Waals surface area contributed by atoms with Crippen LogP contribution in [0.3, 0.4) is 0 Å². The van der Waals surface area contributed by atoms with Crippen LogP contribution in [0.4, 0.5) is 5.69 Å². The Balaban J connectivity index is 1.45. The Morgan fingerprint density at radius 2 is 2.04 bits per heavy atom. The summed E-state index contributed by atoms with van der Waals surface area (Å²) in [6.45, 7) is 3.14. The number of aromatic nitrogens is 2. The van der Waals surface area contributed by atoms with E-state index in [0.29, 0.717) is 55.6 Å². The van der Waals surface area contributed by atoms with E-state index in [0.717, 1.165) is 18.7 Å². The van der Waals surface area contributed by atoms with Crippen LogP contribution in [0, 0.1) is 0 Å². The molecule has 7 heteroatoms. The number of carbonyl (C=O) groups excluding carboxylic acids is 1. The highest BCUT2D eigenvalue weighted by Crippen LogP contribution is 2.32. The first-order chi connectivity index (χ1) is 11.7. The van der Waals surface area contributed by atoms with Crippen molar-refractivity contribution in [3.63, 3.8) is 0 Å². The van der Waals surface area contributed by atoms with Crippen molar-refractivity contribution in [2.45, 2.75) is 39.0 Å². The number of amides is 1. The Bertz CT molecular complexity index is 699.